The Balaban J connectivity index is 2.68. The van der Waals surface area contributed by atoms with Crippen molar-refractivity contribution < 1.29 is 14.6 Å². The summed E-state index contributed by atoms with van der Waals surface area (Å²) in [6.07, 6.45) is 2.59. The lowest BCUT2D eigenvalue weighted by molar-refractivity contribution is 0.0601. The molecule has 0 saturated carbocycles. The van der Waals surface area contributed by atoms with Crippen LogP contribution in [0.15, 0.2) is 18.2 Å². The topological polar surface area (TPSA) is 82.4 Å². The fraction of sp³-hybridized carbons (Fsp3) is 0.429. The number of carbonyl (C=O) groups excluding carboxylic acids is 1. The largest absolute Gasteiger partial charge is 0.465 e. The van der Waals surface area contributed by atoms with Crippen LogP contribution in [0.1, 0.15) is 35.2 Å². The maximum Gasteiger partial charge on any atom is 0.337 e. The van der Waals surface area contributed by atoms with Crippen molar-refractivity contribution in [2.45, 2.75) is 19.3 Å². The number of benzene rings is 1. The molecule has 0 radical (unpaired) electrons. The van der Waals surface area contributed by atoms with Crippen LogP contribution in [-0.4, -0.2) is 31.3 Å². The monoisotopic (exact) mass is 262 g/mol. The van der Waals surface area contributed by atoms with Crippen molar-refractivity contribution in [1.29, 1.82) is 5.26 Å². The molecule has 1 aromatic carbocycles. The van der Waals surface area contributed by atoms with Crippen molar-refractivity contribution in [3.05, 3.63) is 29.3 Å². The molecule has 0 aromatic heterocycles. The lowest BCUT2D eigenvalue weighted by Gasteiger charge is -2.09. The molecule has 5 nitrogen and oxygen atoms in total. The van der Waals surface area contributed by atoms with Crippen molar-refractivity contribution in [3.8, 4) is 6.07 Å². The van der Waals surface area contributed by atoms with Crippen LogP contribution in [0.3, 0.4) is 0 Å². The first-order chi connectivity index (χ1) is 9.22. The molecule has 0 aliphatic carbocycles. The highest BCUT2D eigenvalue weighted by molar-refractivity contribution is 5.91. The fourth-order valence-electron chi connectivity index (χ4n) is 1.67. The number of carbonyl (C=O) groups is 1. The average molecular weight is 262 g/mol. The van der Waals surface area contributed by atoms with Gasteiger partial charge in [-0.1, -0.05) is 0 Å². The number of rotatable bonds is 7. The number of nitriles is 1. The number of nitrogens with one attached hydrogen (secondary N) is 1. The van der Waals surface area contributed by atoms with Crippen molar-refractivity contribution in [2.24, 2.45) is 0 Å². The molecule has 0 heterocycles. The van der Waals surface area contributed by atoms with E-state index in [1.54, 1.807) is 18.2 Å². The highest BCUT2D eigenvalue weighted by atomic mass is 16.5. The van der Waals surface area contributed by atoms with Gasteiger partial charge in [-0.3, -0.25) is 0 Å². The van der Waals surface area contributed by atoms with Crippen LogP contribution in [0, 0.1) is 11.3 Å². The summed E-state index contributed by atoms with van der Waals surface area (Å²) in [5.74, 6) is -0.423. The summed E-state index contributed by atoms with van der Waals surface area (Å²) in [6.45, 7) is 0.889. The van der Waals surface area contributed by atoms with E-state index in [1.165, 1.54) is 7.11 Å². The molecule has 2 N–H and O–H groups in total. The Bertz CT molecular complexity index is 466. The normalized spacial score (nSPS) is 9.74. The van der Waals surface area contributed by atoms with Crippen LogP contribution in [0.25, 0.3) is 0 Å². The van der Waals surface area contributed by atoms with E-state index in [9.17, 15) is 4.79 Å². The predicted molar refractivity (Wildman–Crippen MR) is 71.9 cm³/mol. The summed E-state index contributed by atoms with van der Waals surface area (Å²) in [6, 6.07) is 6.87. The Morgan fingerprint density at radius 2 is 2.21 bits per heavy atom. The van der Waals surface area contributed by atoms with Crippen molar-refractivity contribution in [1.82, 2.24) is 0 Å². The minimum absolute atomic E-state index is 0.196. The summed E-state index contributed by atoms with van der Waals surface area (Å²) in [4.78, 5) is 11.4. The molecule has 0 saturated heterocycles. The third kappa shape index (κ3) is 4.60. The predicted octanol–water partition coefficient (Wildman–Crippen LogP) is 1.92. The summed E-state index contributed by atoms with van der Waals surface area (Å²) in [5, 5.41) is 20.8. The van der Waals surface area contributed by atoms with Gasteiger partial charge >= 0.3 is 5.97 Å². The number of ether oxygens (including phenoxy) is 1. The van der Waals surface area contributed by atoms with E-state index in [1.807, 2.05) is 0 Å². The Hall–Kier alpha value is -2.06. The Kier molecular flexibility index (Phi) is 6.41. The lowest BCUT2D eigenvalue weighted by Crippen LogP contribution is -2.07. The van der Waals surface area contributed by atoms with Crippen LogP contribution < -0.4 is 5.32 Å². The van der Waals surface area contributed by atoms with Gasteiger partial charge in [0, 0.05) is 13.2 Å². The Morgan fingerprint density at radius 3 is 2.84 bits per heavy atom. The Morgan fingerprint density at radius 1 is 1.42 bits per heavy atom. The quantitative estimate of drug-likeness (QED) is 0.579. The van der Waals surface area contributed by atoms with Gasteiger partial charge in [0.25, 0.3) is 0 Å². The van der Waals surface area contributed by atoms with E-state index in [2.05, 4.69) is 16.1 Å². The van der Waals surface area contributed by atoms with E-state index in [-0.39, 0.29) is 6.61 Å². The molecule has 19 heavy (non-hydrogen) atoms. The molecule has 0 unspecified atom stereocenters. The third-order valence-corrected chi connectivity index (χ3v) is 2.71. The van der Waals surface area contributed by atoms with Crippen molar-refractivity contribution in [2.75, 3.05) is 25.6 Å². The lowest BCUT2D eigenvalue weighted by atomic mass is 10.1. The van der Waals surface area contributed by atoms with E-state index < -0.39 is 5.97 Å². The van der Waals surface area contributed by atoms with E-state index >= 15 is 0 Å². The van der Waals surface area contributed by atoms with Gasteiger partial charge < -0.3 is 15.2 Å². The number of methoxy groups -OCH3 is 1. The first kappa shape index (κ1) is 15.0. The number of esters is 1. The van der Waals surface area contributed by atoms with Gasteiger partial charge in [0.2, 0.25) is 0 Å². The SMILES string of the molecule is COC(=O)c1ccc(C#N)c(NCCCCCO)c1. The number of hydrogen-bond donors (Lipinski definition) is 2. The number of aliphatic hydroxyl groups is 1. The molecular formula is C14H18N2O3. The number of hydrogen-bond acceptors (Lipinski definition) is 5. The molecule has 0 aliphatic rings. The maximum absolute atomic E-state index is 11.4. The minimum atomic E-state index is -0.423. The summed E-state index contributed by atoms with van der Waals surface area (Å²) in [5.41, 5.74) is 1.54. The fourth-order valence-corrected chi connectivity index (χ4v) is 1.67. The van der Waals surface area contributed by atoms with Crippen LogP contribution in [0.4, 0.5) is 5.69 Å². The summed E-state index contributed by atoms with van der Waals surface area (Å²) in [7, 11) is 1.32. The first-order valence-corrected chi connectivity index (χ1v) is 6.20. The van der Waals surface area contributed by atoms with Gasteiger partial charge in [0.05, 0.1) is 23.9 Å². The zero-order chi connectivity index (χ0) is 14.1. The second-order valence-corrected chi connectivity index (χ2v) is 4.07. The molecular weight excluding hydrogens is 244 g/mol. The number of nitrogens with zero attached hydrogens (tertiary/aromatic N) is 1. The molecule has 0 spiro atoms. The summed E-state index contributed by atoms with van der Waals surface area (Å²) < 4.78 is 4.64. The second-order valence-electron chi connectivity index (χ2n) is 4.07. The van der Waals surface area contributed by atoms with Crippen LogP contribution in [0.2, 0.25) is 0 Å². The number of aliphatic hydroxyl groups excluding tert-OH is 1. The van der Waals surface area contributed by atoms with Gasteiger partial charge in [-0.05, 0) is 37.5 Å². The van der Waals surface area contributed by atoms with E-state index in [4.69, 9.17) is 10.4 Å². The zero-order valence-corrected chi connectivity index (χ0v) is 11.0. The smallest absolute Gasteiger partial charge is 0.337 e. The van der Waals surface area contributed by atoms with E-state index in [0.29, 0.717) is 23.4 Å². The molecule has 0 amide bonds. The molecule has 102 valence electrons. The van der Waals surface area contributed by atoms with Gasteiger partial charge in [0.15, 0.2) is 0 Å². The van der Waals surface area contributed by atoms with Crippen molar-refractivity contribution >= 4 is 11.7 Å². The zero-order valence-electron chi connectivity index (χ0n) is 11.0. The highest BCUT2D eigenvalue weighted by Crippen LogP contribution is 2.18. The average Bonchev–Trinajstić information content (AvgIpc) is 2.46. The van der Waals surface area contributed by atoms with Gasteiger partial charge in [-0.15, -0.1) is 0 Å². The number of unbranched alkanes of at least 4 members (excludes halogenated alkanes) is 2. The highest BCUT2D eigenvalue weighted by Gasteiger charge is 2.09. The third-order valence-electron chi connectivity index (χ3n) is 2.71. The Labute approximate surface area is 112 Å². The van der Waals surface area contributed by atoms with Gasteiger partial charge in [0.1, 0.15) is 6.07 Å². The number of anilines is 1. The maximum atomic E-state index is 11.4. The molecule has 1 rings (SSSR count). The van der Waals surface area contributed by atoms with Gasteiger partial charge in [-0.25, -0.2) is 4.79 Å². The standard InChI is InChI=1S/C14H18N2O3/c1-19-14(18)11-5-6-12(10-15)13(9-11)16-7-3-2-4-8-17/h5-6,9,16-17H,2-4,7-8H2,1H3. The summed E-state index contributed by atoms with van der Waals surface area (Å²) >= 11 is 0. The molecule has 0 fully saturated rings. The van der Waals surface area contributed by atoms with Crippen LogP contribution in [-0.2, 0) is 4.74 Å². The van der Waals surface area contributed by atoms with Crippen LogP contribution >= 0.6 is 0 Å². The second kappa shape index (κ2) is 8.11. The molecule has 1 aromatic rings. The van der Waals surface area contributed by atoms with Crippen LogP contribution in [0.5, 0.6) is 0 Å². The minimum Gasteiger partial charge on any atom is -0.465 e. The van der Waals surface area contributed by atoms with Gasteiger partial charge in [-0.2, -0.15) is 5.26 Å². The molecule has 5 heteroatoms. The molecule has 0 bridgehead atoms. The molecule has 0 atom stereocenters. The molecule has 0 aliphatic heterocycles. The first-order valence-electron chi connectivity index (χ1n) is 6.20. The van der Waals surface area contributed by atoms with E-state index in [0.717, 1.165) is 19.3 Å². The van der Waals surface area contributed by atoms with Crippen molar-refractivity contribution in [3.63, 3.8) is 0 Å².